The molecule has 1 saturated heterocycles. The van der Waals surface area contributed by atoms with Gasteiger partial charge in [-0.25, -0.2) is 9.97 Å². The first kappa shape index (κ1) is 15.5. The predicted molar refractivity (Wildman–Crippen MR) is 85.7 cm³/mol. The first-order chi connectivity index (χ1) is 10.3. The first-order valence-corrected chi connectivity index (χ1v) is 7.46. The van der Waals surface area contributed by atoms with Crippen LogP contribution in [0.15, 0.2) is 23.5 Å². The van der Waals surface area contributed by atoms with Crippen LogP contribution in [0.3, 0.4) is 0 Å². The van der Waals surface area contributed by atoms with E-state index in [1.807, 2.05) is 13.1 Å². The van der Waals surface area contributed by atoms with E-state index in [1.54, 1.807) is 19.4 Å². The Balaban J connectivity index is 1.63. The van der Waals surface area contributed by atoms with Crippen molar-refractivity contribution in [2.24, 2.45) is 4.99 Å². The topological polar surface area (TPSA) is 68.7 Å². The predicted octanol–water partition coefficient (Wildman–Crippen LogP) is -0.216. The maximum absolute atomic E-state index is 4.31. The zero-order chi connectivity index (χ0) is 14.9. The molecule has 1 aromatic rings. The maximum atomic E-state index is 4.31. The molecule has 0 spiro atoms. The summed E-state index contributed by atoms with van der Waals surface area (Å²) in [6.07, 6.45) is 4.71. The van der Waals surface area contributed by atoms with Crippen molar-refractivity contribution in [1.29, 1.82) is 0 Å². The van der Waals surface area contributed by atoms with Crippen LogP contribution in [0.4, 0.5) is 5.95 Å². The van der Waals surface area contributed by atoms with Crippen LogP contribution in [-0.4, -0.2) is 74.2 Å². The summed E-state index contributed by atoms with van der Waals surface area (Å²) < 4.78 is 0. The zero-order valence-electron chi connectivity index (χ0n) is 12.9. The van der Waals surface area contributed by atoms with E-state index in [0.29, 0.717) is 0 Å². The van der Waals surface area contributed by atoms with Crippen molar-refractivity contribution < 1.29 is 0 Å². The Kier molecular flexibility index (Phi) is 6.21. The van der Waals surface area contributed by atoms with Crippen LogP contribution < -0.4 is 15.5 Å². The molecule has 1 aliphatic rings. The van der Waals surface area contributed by atoms with Gasteiger partial charge < -0.3 is 15.5 Å². The van der Waals surface area contributed by atoms with Gasteiger partial charge in [0.05, 0.1) is 0 Å². The van der Waals surface area contributed by atoms with Gasteiger partial charge in [0.1, 0.15) is 0 Å². The Morgan fingerprint density at radius 2 is 1.95 bits per heavy atom. The molecule has 0 radical (unpaired) electrons. The van der Waals surface area contributed by atoms with Crippen LogP contribution in [0.25, 0.3) is 0 Å². The van der Waals surface area contributed by atoms with Gasteiger partial charge in [0, 0.05) is 59.2 Å². The minimum absolute atomic E-state index is 0.844. The van der Waals surface area contributed by atoms with Gasteiger partial charge in [-0.15, -0.1) is 0 Å². The molecule has 0 unspecified atom stereocenters. The van der Waals surface area contributed by atoms with Gasteiger partial charge in [0.15, 0.2) is 5.96 Å². The van der Waals surface area contributed by atoms with Crippen molar-refractivity contribution in [3.05, 3.63) is 18.5 Å². The SMILES string of the molecule is CN=C(NC)NCCCN1CCN(c2ncccn2)CC1. The molecule has 2 rings (SSSR count). The summed E-state index contributed by atoms with van der Waals surface area (Å²) in [7, 11) is 3.66. The Bertz CT molecular complexity index is 426. The molecule has 2 N–H and O–H groups in total. The molecule has 1 aliphatic heterocycles. The summed E-state index contributed by atoms with van der Waals surface area (Å²) in [5, 5.41) is 6.29. The minimum atomic E-state index is 0.844. The number of rotatable bonds is 5. The van der Waals surface area contributed by atoms with Gasteiger partial charge in [-0.05, 0) is 19.0 Å². The molecule has 21 heavy (non-hydrogen) atoms. The van der Waals surface area contributed by atoms with Crippen LogP contribution in [0.1, 0.15) is 6.42 Å². The third-order valence-electron chi connectivity index (χ3n) is 3.61. The fourth-order valence-corrected chi connectivity index (χ4v) is 2.41. The summed E-state index contributed by atoms with van der Waals surface area (Å²) in [6.45, 7) is 6.18. The summed E-state index contributed by atoms with van der Waals surface area (Å²) in [5.41, 5.74) is 0. The summed E-state index contributed by atoms with van der Waals surface area (Å²) in [5.74, 6) is 1.69. The van der Waals surface area contributed by atoms with Crippen molar-refractivity contribution in [3.63, 3.8) is 0 Å². The average Bonchev–Trinajstić information content (AvgIpc) is 2.56. The third kappa shape index (κ3) is 4.86. The number of nitrogens with zero attached hydrogens (tertiary/aromatic N) is 5. The standard InChI is InChI=1S/C14H25N7/c1-15-13(16-2)17-7-4-8-20-9-11-21(12-10-20)14-18-5-3-6-19-14/h3,5-6H,4,7-12H2,1-2H3,(H2,15,16,17). The molecular formula is C14H25N7. The number of hydrogen-bond donors (Lipinski definition) is 2. The van der Waals surface area contributed by atoms with Gasteiger partial charge in [-0.1, -0.05) is 0 Å². The molecule has 2 heterocycles. The number of hydrogen-bond acceptors (Lipinski definition) is 5. The van der Waals surface area contributed by atoms with Crippen LogP contribution in [0.5, 0.6) is 0 Å². The van der Waals surface area contributed by atoms with E-state index >= 15 is 0 Å². The maximum Gasteiger partial charge on any atom is 0.225 e. The number of aliphatic imine (C=N–C) groups is 1. The van der Waals surface area contributed by atoms with Crippen molar-refractivity contribution in [2.45, 2.75) is 6.42 Å². The number of aromatic nitrogens is 2. The molecule has 116 valence electrons. The van der Waals surface area contributed by atoms with E-state index in [2.05, 4.69) is 35.4 Å². The second-order valence-electron chi connectivity index (χ2n) is 4.98. The molecule has 1 aromatic heterocycles. The Morgan fingerprint density at radius 3 is 2.57 bits per heavy atom. The fraction of sp³-hybridized carbons (Fsp3) is 0.643. The lowest BCUT2D eigenvalue weighted by Gasteiger charge is -2.34. The van der Waals surface area contributed by atoms with Crippen molar-refractivity contribution in [2.75, 3.05) is 58.3 Å². The van der Waals surface area contributed by atoms with E-state index in [0.717, 1.165) is 57.6 Å². The highest BCUT2D eigenvalue weighted by Gasteiger charge is 2.17. The molecule has 7 heteroatoms. The summed E-state index contributed by atoms with van der Waals surface area (Å²) >= 11 is 0. The first-order valence-electron chi connectivity index (χ1n) is 7.46. The van der Waals surface area contributed by atoms with E-state index < -0.39 is 0 Å². The zero-order valence-corrected chi connectivity index (χ0v) is 12.9. The van der Waals surface area contributed by atoms with Gasteiger partial charge in [0.25, 0.3) is 0 Å². The van der Waals surface area contributed by atoms with Crippen LogP contribution >= 0.6 is 0 Å². The lowest BCUT2D eigenvalue weighted by atomic mass is 10.3. The van der Waals surface area contributed by atoms with Crippen molar-refractivity contribution in [3.8, 4) is 0 Å². The second kappa shape index (κ2) is 8.41. The molecule has 7 nitrogen and oxygen atoms in total. The monoisotopic (exact) mass is 291 g/mol. The lowest BCUT2D eigenvalue weighted by Crippen LogP contribution is -2.47. The molecule has 0 amide bonds. The summed E-state index contributed by atoms with van der Waals surface area (Å²) in [4.78, 5) is 17.4. The summed E-state index contributed by atoms with van der Waals surface area (Å²) in [6, 6.07) is 1.85. The molecule has 0 bridgehead atoms. The average molecular weight is 291 g/mol. The number of piperazine rings is 1. The van der Waals surface area contributed by atoms with Gasteiger partial charge in [-0.2, -0.15) is 0 Å². The van der Waals surface area contributed by atoms with E-state index in [-0.39, 0.29) is 0 Å². The smallest absolute Gasteiger partial charge is 0.225 e. The van der Waals surface area contributed by atoms with Gasteiger partial charge >= 0.3 is 0 Å². The molecule has 0 atom stereocenters. The van der Waals surface area contributed by atoms with Crippen LogP contribution in [0, 0.1) is 0 Å². The minimum Gasteiger partial charge on any atom is -0.359 e. The van der Waals surface area contributed by atoms with Crippen LogP contribution in [0.2, 0.25) is 0 Å². The molecule has 0 aromatic carbocycles. The lowest BCUT2D eigenvalue weighted by molar-refractivity contribution is 0.254. The van der Waals surface area contributed by atoms with Crippen LogP contribution in [-0.2, 0) is 0 Å². The molecule has 0 saturated carbocycles. The van der Waals surface area contributed by atoms with Crippen molar-refractivity contribution >= 4 is 11.9 Å². The molecule has 1 fully saturated rings. The normalized spacial score (nSPS) is 16.9. The quantitative estimate of drug-likeness (QED) is 0.444. The van der Waals surface area contributed by atoms with Gasteiger partial charge in [0.2, 0.25) is 5.95 Å². The van der Waals surface area contributed by atoms with Gasteiger partial charge in [-0.3, -0.25) is 9.89 Å². The third-order valence-corrected chi connectivity index (χ3v) is 3.61. The number of nitrogens with one attached hydrogen (secondary N) is 2. The highest BCUT2D eigenvalue weighted by Crippen LogP contribution is 2.09. The highest BCUT2D eigenvalue weighted by molar-refractivity contribution is 5.79. The largest absolute Gasteiger partial charge is 0.359 e. The Morgan fingerprint density at radius 1 is 1.24 bits per heavy atom. The fourth-order valence-electron chi connectivity index (χ4n) is 2.41. The number of guanidine groups is 1. The highest BCUT2D eigenvalue weighted by atomic mass is 15.3. The second-order valence-corrected chi connectivity index (χ2v) is 4.98. The molecular weight excluding hydrogens is 266 g/mol. The Labute approximate surface area is 126 Å². The van der Waals surface area contributed by atoms with E-state index in [9.17, 15) is 0 Å². The van der Waals surface area contributed by atoms with E-state index in [1.165, 1.54) is 0 Å². The van der Waals surface area contributed by atoms with Crippen molar-refractivity contribution in [1.82, 2.24) is 25.5 Å². The Hall–Kier alpha value is -1.89. The molecule has 0 aliphatic carbocycles. The number of anilines is 1. The van der Waals surface area contributed by atoms with E-state index in [4.69, 9.17) is 0 Å².